The summed E-state index contributed by atoms with van der Waals surface area (Å²) < 4.78 is 16.9. The first kappa shape index (κ1) is 27.0. The summed E-state index contributed by atoms with van der Waals surface area (Å²) in [5, 5.41) is 6.71. The Hall–Kier alpha value is -4.07. The van der Waals surface area contributed by atoms with Crippen LogP contribution in [0.4, 0.5) is 0 Å². The van der Waals surface area contributed by atoms with Crippen molar-refractivity contribution in [1.82, 2.24) is 5.43 Å². The molecule has 0 spiro atoms. The van der Waals surface area contributed by atoms with Crippen LogP contribution in [0, 0.1) is 0 Å². The van der Waals surface area contributed by atoms with Crippen LogP contribution in [0.2, 0.25) is 10.0 Å². The van der Waals surface area contributed by atoms with Crippen molar-refractivity contribution in [3.63, 3.8) is 0 Å². The van der Waals surface area contributed by atoms with Crippen LogP contribution in [0.15, 0.2) is 84.0 Å². The first-order valence-corrected chi connectivity index (χ1v) is 12.5. The molecule has 1 N–H and O–H groups in total. The van der Waals surface area contributed by atoms with Crippen molar-refractivity contribution in [3.05, 3.63) is 100 Å². The van der Waals surface area contributed by atoms with E-state index in [0.29, 0.717) is 28.7 Å². The van der Waals surface area contributed by atoms with E-state index < -0.39 is 18.0 Å². The molecule has 0 heterocycles. The molecule has 0 saturated heterocycles. The van der Waals surface area contributed by atoms with Crippen molar-refractivity contribution >= 4 is 52.1 Å². The number of hydrazone groups is 1. The van der Waals surface area contributed by atoms with E-state index in [9.17, 15) is 9.59 Å². The fraction of sp³-hybridized carbons (Fsp3) is 0.138. The average Bonchev–Trinajstić information content (AvgIpc) is 2.90. The second-order valence-corrected chi connectivity index (χ2v) is 9.00. The van der Waals surface area contributed by atoms with Gasteiger partial charge in [0, 0.05) is 5.02 Å². The van der Waals surface area contributed by atoms with Crippen molar-refractivity contribution in [2.75, 3.05) is 6.61 Å². The Morgan fingerprint density at radius 2 is 1.74 bits per heavy atom. The number of benzene rings is 4. The summed E-state index contributed by atoms with van der Waals surface area (Å²) in [5.41, 5.74) is 3.26. The lowest BCUT2D eigenvalue weighted by Crippen LogP contribution is -2.33. The Labute approximate surface area is 229 Å². The van der Waals surface area contributed by atoms with Crippen molar-refractivity contribution in [1.29, 1.82) is 0 Å². The average molecular weight is 551 g/mol. The lowest BCUT2D eigenvalue weighted by Gasteiger charge is -2.13. The summed E-state index contributed by atoms with van der Waals surface area (Å²) in [6.07, 6.45) is 0.680. The van der Waals surface area contributed by atoms with Gasteiger partial charge in [0.05, 0.1) is 23.4 Å². The number of fused-ring (bicyclic) bond motifs is 1. The first-order valence-electron chi connectivity index (χ1n) is 11.8. The molecule has 4 rings (SSSR count). The molecule has 4 aromatic rings. The smallest absolute Gasteiger partial charge is 0.345 e. The normalized spacial score (nSPS) is 11.8. The van der Waals surface area contributed by atoms with E-state index in [2.05, 4.69) is 10.5 Å². The van der Waals surface area contributed by atoms with Crippen LogP contribution in [-0.2, 0) is 4.79 Å². The number of carbonyl (C=O) groups excluding carboxylic acids is 2. The van der Waals surface area contributed by atoms with Gasteiger partial charge in [0.1, 0.15) is 5.75 Å². The van der Waals surface area contributed by atoms with E-state index in [1.165, 1.54) is 18.3 Å². The van der Waals surface area contributed by atoms with Crippen molar-refractivity contribution < 1.29 is 23.8 Å². The number of halogens is 2. The van der Waals surface area contributed by atoms with Gasteiger partial charge in [-0.1, -0.05) is 53.5 Å². The number of rotatable bonds is 9. The Bertz CT molecular complexity index is 1510. The number of ether oxygens (including phenoxy) is 3. The second kappa shape index (κ2) is 12.4. The minimum absolute atomic E-state index is 0.173. The highest BCUT2D eigenvalue weighted by Gasteiger charge is 2.17. The van der Waals surface area contributed by atoms with Gasteiger partial charge in [-0.3, -0.25) is 4.79 Å². The molecule has 0 aliphatic heterocycles. The summed E-state index contributed by atoms with van der Waals surface area (Å²) in [6.45, 7) is 3.79. The van der Waals surface area contributed by atoms with Gasteiger partial charge in [0.25, 0.3) is 5.91 Å². The predicted molar refractivity (Wildman–Crippen MR) is 149 cm³/mol. The summed E-state index contributed by atoms with van der Waals surface area (Å²) in [5.74, 6) is 0.0592. The van der Waals surface area contributed by atoms with E-state index in [4.69, 9.17) is 37.4 Å². The van der Waals surface area contributed by atoms with Gasteiger partial charge < -0.3 is 14.2 Å². The largest absolute Gasteiger partial charge is 0.490 e. The van der Waals surface area contributed by atoms with Crippen molar-refractivity contribution in [3.8, 4) is 17.2 Å². The minimum Gasteiger partial charge on any atom is -0.490 e. The summed E-state index contributed by atoms with van der Waals surface area (Å²) >= 11 is 12.0. The van der Waals surface area contributed by atoms with Crippen molar-refractivity contribution in [2.45, 2.75) is 20.0 Å². The van der Waals surface area contributed by atoms with Crippen LogP contribution in [0.5, 0.6) is 17.2 Å². The lowest BCUT2D eigenvalue weighted by atomic mass is 10.1. The monoisotopic (exact) mass is 550 g/mol. The van der Waals surface area contributed by atoms with E-state index >= 15 is 0 Å². The molecular formula is C29H24Cl2N2O5. The molecule has 194 valence electrons. The van der Waals surface area contributed by atoms with Gasteiger partial charge in [-0.15, -0.1) is 0 Å². The third-order valence-corrected chi connectivity index (χ3v) is 5.96. The molecule has 9 heteroatoms. The van der Waals surface area contributed by atoms with Gasteiger partial charge in [0.2, 0.25) is 0 Å². The molecule has 0 aliphatic rings. The molecule has 0 aromatic heterocycles. The van der Waals surface area contributed by atoms with E-state index in [1.54, 1.807) is 38.1 Å². The number of nitrogens with one attached hydrogen (secondary N) is 1. The molecule has 0 saturated carbocycles. The van der Waals surface area contributed by atoms with Gasteiger partial charge in [-0.05, 0) is 78.7 Å². The number of hydrogen-bond donors (Lipinski definition) is 1. The second-order valence-electron chi connectivity index (χ2n) is 8.16. The number of carbonyl (C=O) groups is 2. The molecule has 0 unspecified atom stereocenters. The molecule has 7 nitrogen and oxygen atoms in total. The van der Waals surface area contributed by atoms with Crippen LogP contribution in [-0.4, -0.2) is 30.8 Å². The molecule has 0 fully saturated rings. The Balaban J connectivity index is 1.38. The van der Waals surface area contributed by atoms with Crippen LogP contribution in [0.1, 0.15) is 29.8 Å². The fourth-order valence-electron chi connectivity index (χ4n) is 3.53. The van der Waals surface area contributed by atoms with Gasteiger partial charge in [-0.2, -0.15) is 5.10 Å². The number of nitrogens with zero attached hydrogens (tertiary/aromatic N) is 1. The van der Waals surface area contributed by atoms with E-state index in [-0.39, 0.29) is 16.3 Å². The Morgan fingerprint density at radius 1 is 0.947 bits per heavy atom. The molecule has 0 bridgehead atoms. The maximum atomic E-state index is 12.6. The predicted octanol–water partition coefficient (Wildman–Crippen LogP) is 6.68. The van der Waals surface area contributed by atoms with Crippen LogP contribution >= 0.6 is 23.2 Å². The lowest BCUT2D eigenvalue weighted by molar-refractivity contribution is -0.127. The van der Waals surface area contributed by atoms with Crippen LogP contribution in [0.3, 0.4) is 0 Å². The third kappa shape index (κ3) is 6.82. The van der Waals surface area contributed by atoms with Crippen molar-refractivity contribution in [2.24, 2.45) is 5.10 Å². The minimum atomic E-state index is -0.770. The number of esters is 1. The summed E-state index contributed by atoms with van der Waals surface area (Å²) in [4.78, 5) is 25.1. The highest BCUT2D eigenvalue weighted by atomic mass is 35.5. The Morgan fingerprint density at radius 3 is 2.50 bits per heavy atom. The van der Waals surface area contributed by atoms with E-state index in [1.807, 2.05) is 42.5 Å². The van der Waals surface area contributed by atoms with Gasteiger partial charge in [0.15, 0.2) is 17.6 Å². The van der Waals surface area contributed by atoms with E-state index in [0.717, 1.165) is 10.8 Å². The van der Waals surface area contributed by atoms with Gasteiger partial charge >= 0.3 is 5.97 Å². The maximum Gasteiger partial charge on any atom is 0.345 e. The standard InChI is InChI=1S/C29H24Cl2N2O5/c1-3-36-27-14-19(8-13-26(27)38-29(35)24-12-10-22(30)16-25(24)31)17-32-33-28(34)18(2)37-23-11-9-20-6-4-5-7-21(20)15-23/h4-18H,3H2,1-2H3,(H,33,34)/b32-17-/t18-/m0/s1. The molecule has 38 heavy (non-hydrogen) atoms. The summed E-state index contributed by atoms with van der Waals surface area (Å²) in [6, 6.07) is 22.9. The fourth-order valence-corrected chi connectivity index (χ4v) is 4.01. The quantitative estimate of drug-likeness (QED) is 0.109. The number of hydrogen-bond acceptors (Lipinski definition) is 6. The molecule has 4 aromatic carbocycles. The molecule has 0 aliphatic carbocycles. The number of amides is 1. The van der Waals surface area contributed by atoms with Crippen LogP contribution in [0.25, 0.3) is 10.8 Å². The highest BCUT2D eigenvalue weighted by Crippen LogP contribution is 2.30. The topological polar surface area (TPSA) is 86.2 Å². The SMILES string of the molecule is CCOc1cc(/C=N\NC(=O)[C@H](C)Oc2ccc3ccccc3c2)ccc1OC(=O)c1ccc(Cl)cc1Cl. The Kier molecular flexibility index (Phi) is 8.84. The zero-order valence-electron chi connectivity index (χ0n) is 20.6. The van der Waals surface area contributed by atoms with Gasteiger partial charge in [-0.25, -0.2) is 10.2 Å². The first-order chi connectivity index (χ1) is 18.3. The van der Waals surface area contributed by atoms with Crippen LogP contribution < -0.4 is 19.6 Å². The zero-order valence-corrected chi connectivity index (χ0v) is 22.1. The third-order valence-electron chi connectivity index (χ3n) is 5.41. The maximum absolute atomic E-state index is 12.6. The molecule has 0 radical (unpaired) electrons. The highest BCUT2D eigenvalue weighted by molar-refractivity contribution is 6.36. The molecule has 1 amide bonds. The molecule has 1 atom stereocenters. The summed E-state index contributed by atoms with van der Waals surface area (Å²) in [7, 11) is 0. The molecular weight excluding hydrogens is 527 g/mol. The zero-order chi connectivity index (χ0) is 27.1.